The van der Waals surface area contributed by atoms with Crippen molar-refractivity contribution >= 4 is 11.9 Å². The Bertz CT molecular complexity index is 176. The van der Waals surface area contributed by atoms with E-state index in [9.17, 15) is 9.59 Å². The van der Waals surface area contributed by atoms with E-state index in [1.165, 1.54) is 7.11 Å². The summed E-state index contributed by atoms with van der Waals surface area (Å²) in [6.07, 6.45) is 0.376. The summed E-state index contributed by atoms with van der Waals surface area (Å²) in [5, 5.41) is 0. The van der Waals surface area contributed by atoms with Crippen LogP contribution in [0.5, 0.6) is 0 Å². The molecule has 0 spiro atoms. The zero-order chi connectivity index (χ0) is 8.27. The second-order valence-corrected chi connectivity index (χ2v) is 2.08. The summed E-state index contributed by atoms with van der Waals surface area (Å²) in [6, 6.07) is 0. The molecule has 1 aliphatic heterocycles. The van der Waals surface area contributed by atoms with Crippen LogP contribution in [0.15, 0.2) is 0 Å². The molecular formula is C6H8O5. The minimum absolute atomic E-state index is 0.280. The van der Waals surface area contributed by atoms with Crippen molar-refractivity contribution in [2.75, 3.05) is 13.7 Å². The molecule has 0 radical (unpaired) electrons. The zero-order valence-electron chi connectivity index (χ0n) is 6.03. The van der Waals surface area contributed by atoms with E-state index in [0.717, 1.165) is 0 Å². The lowest BCUT2D eigenvalue weighted by Gasteiger charge is -2.01. The number of hydrogen-bond acceptors (Lipinski definition) is 5. The predicted octanol–water partition coefficient (Wildman–Crippen LogP) is -0.346. The van der Waals surface area contributed by atoms with Crippen LogP contribution in [-0.4, -0.2) is 25.7 Å². The number of hydrogen-bond donors (Lipinski definition) is 0. The highest BCUT2D eigenvalue weighted by molar-refractivity contribution is 5.95. The van der Waals surface area contributed by atoms with Gasteiger partial charge in [0, 0.05) is 6.42 Å². The van der Waals surface area contributed by atoms with Crippen molar-refractivity contribution in [2.24, 2.45) is 5.92 Å². The van der Waals surface area contributed by atoms with E-state index in [1.54, 1.807) is 0 Å². The number of ether oxygens (including phenoxy) is 1. The molecule has 0 aromatic heterocycles. The standard InChI is InChI=1S/C6H8O5/c1-9-11-6(8)4-2-3-10-5(4)7/h4H,2-3H2,1H3. The summed E-state index contributed by atoms with van der Waals surface area (Å²) in [4.78, 5) is 29.8. The summed E-state index contributed by atoms with van der Waals surface area (Å²) >= 11 is 0. The van der Waals surface area contributed by atoms with Crippen LogP contribution in [0.3, 0.4) is 0 Å². The molecule has 1 fully saturated rings. The Labute approximate surface area is 63.2 Å². The van der Waals surface area contributed by atoms with Crippen molar-refractivity contribution in [3.05, 3.63) is 0 Å². The van der Waals surface area contributed by atoms with Gasteiger partial charge in [0.1, 0.15) is 0 Å². The van der Waals surface area contributed by atoms with Gasteiger partial charge < -0.3 is 4.74 Å². The van der Waals surface area contributed by atoms with Gasteiger partial charge >= 0.3 is 11.9 Å². The van der Waals surface area contributed by atoms with Gasteiger partial charge in [0.2, 0.25) is 0 Å². The maximum absolute atomic E-state index is 10.8. The summed E-state index contributed by atoms with van der Waals surface area (Å²) < 4.78 is 4.54. The highest BCUT2D eigenvalue weighted by atomic mass is 17.2. The van der Waals surface area contributed by atoms with Gasteiger partial charge in [0.15, 0.2) is 5.92 Å². The number of carbonyl (C=O) groups excluding carboxylic acids is 2. The van der Waals surface area contributed by atoms with Crippen molar-refractivity contribution in [1.29, 1.82) is 0 Å². The summed E-state index contributed by atoms with van der Waals surface area (Å²) in [6.45, 7) is 0.280. The third-order valence-corrected chi connectivity index (χ3v) is 1.39. The van der Waals surface area contributed by atoms with Crippen LogP contribution < -0.4 is 0 Å². The molecule has 0 amide bonds. The quantitative estimate of drug-likeness (QED) is 0.239. The summed E-state index contributed by atoms with van der Waals surface area (Å²) in [5.41, 5.74) is 0. The molecule has 5 nitrogen and oxygen atoms in total. The van der Waals surface area contributed by atoms with Gasteiger partial charge in [-0.25, -0.2) is 4.79 Å². The van der Waals surface area contributed by atoms with Crippen molar-refractivity contribution < 1.29 is 24.1 Å². The van der Waals surface area contributed by atoms with E-state index in [2.05, 4.69) is 14.5 Å². The third-order valence-electron chi connectivity index (χ3n) is 1.39. The Balaban J connectivity index is 2.46. The van der Waals surface area contributed by atoms with E-state index in [1.807, 2.05) is 0 Å². The predicted molar refractivity (Wildman–Crippen MR) is 32.2 cm³/mol. The lowest BCUT2D eigenvalue weighted by atomic mass is 10.1. The van der Waals surface area contributed by atoms with E-state index < -0.39 is 17.9 Å². The van der Waals surface area contributed by atoms with Gasteiger partial charge in [-0.1, -0.05) is 0 Å². The Morgan fingerprint density at radius 1 is 1.73 bits per heavy atom. The average Bonchev–Trinajstić information content (AvgIpc) is 2.36. The smallest absolute Gasteiger partial charge is 0.356 e. The van der Waals surface area contributed by atoms with Gasteiger partial charge in [-0.3, -0.25) is 9.68 Å². The normalized spacial score (nSPS) is 23.0. The molecule has 11 heavy (non-hydrogen) atoms. The molecule has 1 aliphatic rings. The van der Waals surface area contributed by atoms with Crippen LogP contribution in [0.1, 0.15) is 6.42 Å². The molecule has 0 saturated carbocycles. The molecule has 1 unspecified atom stereocenters. The first-order valence-electron chi connectivity index (χ1n) is 3.17. The first-order chi connectivity index (χ1) is 5.25. The molecule has 1 atom stereocenters. The summed E-state index contributed by atoms with van der Waals surface area (Å²) in [5.74, 6) is -2.02. The van der Waals surface area contributed by atoms with Crippen LogP contribution in [-0.2, 0) is 24.1 Å². The lowest BCUT2D eigenvalue weighted by molar-refractivity contribution is -0.258. The molecule has 0 bridgehead atoms. The topological polar surface area (TPSA) is 61.8 Å². The van der Waals surface area contributed by atoms with Crippen molar-refractivity contribution in [3.8, 4) is 0 Å². The fourth-order valence-corrected chi connectivity index (χ4v) is 0.850. The van der Waals surface area contributed by atoms with Crippen molar-refractivity contribution in [2.45, 2.75) is 6.42 Å². The first-order valence-corrected chi connectivity index (χ1v) is 3.17. The minimum atomic E-state index is -0.796. The third kappa shape index (κ3) is 1.68. The van der Waals surface area contributed by atoms with Gasteiger partial charge in [-0.2, -0.15) is 4.89 Å². The Hall–Kier alpha value is -1.10. The Morgan fingerprint density at radius 2 is 2.45 bits per heavy atom. The second-order valence-electron chi connectivity index (χ2n) is 2.08. The molecule has 0 N–H and O–H groups in total. The number of rotatable bonds is 2. The molecule has 1 saturated heterocycles. The maximum Gasteiger partial charge on any atom is 0.356 e. The van der Waals surface area contributed by atoms with Crippen LogP contribution in [0.4, 0.5) is 0 Å². The number of carbonyl (C=O) groups is 2. The lowest BCUT2D eigenvalue weighted by Crippen LogP contribution is -2.21. The molecule has 1 heterocycles. The average molecular weight is 160 g/mol. The molecule has 0 aromatic carbocycles. The zero-order valence-corrected chi connectivity index (χ0v) is 6.03. The van der Waals surface area contributed by atoms with Gasteiger partial charge in [0.05, 0.1) is 13.7 Å². The van der Waals surface area contributed by atoms with E-state index in [4.69, 9.17) is 0 Å². The monoisotopic (exact) mass is 160 g/mol. The van der Waals surface area contributed by atoms with Crippen molar-refractivity contribution in [1.82, 2.24) is 0 Å². The Kier molecular flexibility index (Phi) is 2.43. The molecule has 62 valence electrons. The first kappa shape index (κ1) is 8.00. The second kappa shape index (κ2) is 3.34. The largest absolute Gasteiger partial charge is 0.465 e. The van der Waals surface area contributed by atoms with E-state index in [-0.39, 0.29) is 6.61 Å². The van der Waals surface area contributed by atoms with Gasteiger partial charge in [-0.15, -0.1) is 0 Å². The molecule has 5 heteroatoms. The highest BCUT2D eigenvalue weighted by Gasteiger charge is 2.35. The SMILES string of the molecule is COOC(=O)C1CCOC1=O. The van der Waals surface area contributed by atoms with Crippen LogP contribution in [0, 0.1) is 5.92 Å². The highest BCUT2D eigenvalue weighted by Crippen LogP contribution is 2.15. The Morgan fingerprint density at radius 3 is 2.91 bits per heavy atom. The van der Waals surface area contributed by atoms with Crippen molar-refractivity contribution in [3.63, 3.8) is 0 Å². The number of esters is 1. The maximum atomic E-state index is 10.8. The van der Waals surface area contributed by atoms with Crippen LogP contribution in [0.25, 0.3) is 0 Å². The van der Waals surface area contributed by atoms with Gasteiger partial charge in [0.25, 0.3) is 0 Å². The van der Waals surface area contributed by atoms with E-state index >= 15 is 0 Å². The van der Waals surface area contributed by atoms with Gasteiger partial charge in [-0.05, 0) is 0 Å². The fourth-order valence-electron chi connectivity index (χ4n) is 0.850. The fraction of sp³-hybridized carbons (Fsp3) is 0.667. The molecule has 1 rings (SSSR count). The summed E-state index contributed by atoms with van der Waals surface area (Å²) in [7, 11) is 1.21. The molecule has 0 aliphatic carbocycles. The molecular weight excluding hydrogens is 152 g/mol. The van der Waals surface area contributed by atoms with E-state index in [0.29, 0.717) is 6.42 Å². The van der Waals surface area contributed by atoms with Crippen LogP contribution >= 0.6 is 0 Å². The minimum Gasteiger partial charge on any atom is -0.465 e. The number of cyclic esters (lactones) is 1. The van der Waals surface area contributed by atoms with Crippen LogP contribution in [0.2, 0.25) is 0 Å². The molecule has 0 aromatic rings.